The quantitative estimate of drug-likeness (QED) is 0.703. The third kappa shape index (κ3) is 4.40. The fourth-order valence-corrected chi connectivity index (χ4v) is 2.87. The average molecular weight is 306 g/mol. The molecule has 0 aromatic heterocycles. The molecule has 0 saturated heterocycles. The Morgan fingerprint density at radius 2 is 1.26 bits per heavy atom. The highest BCUT2D eigenvalue weighted by Crippen LogP contribution is 2.25. The zero-order chi connectivity index (χ0) is 17.0. The maximum Gasteiger partial charge on any atom is 0.283 e. The lowest BCUT2D eigenvalue weighted by Gasteiger charge is -2.23. The van der Waals surface area contributed by atoms with Crippen molar-refractivity contribution in [2.24, 2.45) is 0 Å². The van der Waals surface area contributed by atoms with Crippen LogP contribution in [-0.2, 0) is 0 Å². The minimum atomic E-state index is 0.509. The third-order valence-corrected chi connectivity index (χ3v) is 4.33. The second kappa shape index (κ2) is 7.72. The molecule has 0 atom stereocenters. The number of benzene rings is 2. The molecule has 0 heterocycles. The topological polar surface area (TPSA) is 12.0 Å². The van der Waals surface area contributed by atoms with Crippen molar-refractivity contribution < 1.29 is 0 Å². The van der Waals surface area contributed by atoms with Gasteiger partial charge in [-0.2, -0.15) is 0 Å². The van der Waals surface area contributed by atoms with Crippen LogP contribution in [-0.4, -0.2) is 7.41 Å². The Kier molecular flexibility index (Phi) is 5.93. The van der Waals surface area contributed by atoms with Gasteiger partial charge in [-0.15, -0.1) is 0 Å². The molecule has 1 radical (unpaired) electrons. The van der Waals surface area contributed by atoms with E-state index in [4.69, 9.17) is 0 Å². The molecule has 121 valence electrons. The molecule has 0 saturated carbocycles. The lowest BCUT2D eigenvalue weighted by atomic mass is 9.70. The largest absolute Gasteiger partial charge is 0.428 e. The first-order valence-electron chi connectivity index (χ1n) is 8.72. The van der Waals surface area contributed by atoms with Crippen LogP contribution in [0.3, 0.4) is 0 Å². The monoisotopic (exact) mass is 306 g/mol. The molecule has 0 aliphatic rings. The van der Waals surface area contributed by atoms with Gasteiger partial charge in [-0.1, -0.05) is 77.3 Å². The van der Waals surface area contributed by atoms with Crippen LogP contribution in [0.2, 0.25) is 0 Å². The van der Waals surface area contributed by atoms with E-state index in [9.17, 15) is 0 Å². The maximum absolute atomic E-state index is 3.48. The van der Waals surface area contributed by atoms with Crippen LogP contribution in [0.5, 0.6) is 0 Å². The summed E-state index contributed by atoms with van der Waals surface area (Å²) >= 11 is 0. The zero-order valence-corrected chi connectivity index (χ0v) is 15.4. The maximum atomic E-state index is 3.48. The van der Waals surface area contributed by atoms with Crippen LogP contribution in [0.25, 0.3) is 0 Å². The average Bonchev–Trinajstić information content (AvgIpc) is 2.52. The Labute approximate surface area is 142 Å². The summed E-state index contributed by atoms with van der Waals surface area (Å²) in [5, 5.41) is 3.48. The summed E-state index contributed by atoms with van der Waals surface area (Å²) in [6.45, 7) is 13.7. The Hall–Kier alpha value is -1.70. The van der Waals surface area contributed by atoms with Crippen molar-refractivity contribution in [3.8, 4) is 0 Å². The van der Waals surface area contributed by atoms with E-state index in [1.54, 1.807) is 0 Å². The molecule has 0 aliphatic carbocycles. The highest BCUT2D eigenvalue weighted by atomic mass is 14.8. The van der Waals surface area contributed by atoms with E-state index in [2.05, 4.69) is 90.6 Å². The summed E-state index contributed by atoms with van der Waals surface area (Å²) in [7, 11) is 2.18. The van der Waals surface area contributed by atoms with Crippen molar-refractivity contribution in [2.45, 2.75) is 59.3 Å². The summed E-state index contributed by atoms with van der Waals surface area (Å²) in [5.74, 6) is 1.58. The molecular formula is C21H29BN. The van der Waals surface area contributed by atoms with E-state index < -0.39 is 0 Å². The SMILES string of the molecule is CC(C)c1cc(C(C)C)c([B]Nc2ccccc2)c(C(C)C)c1. The minimum Gasteiger partial charge on any atom is -0.428 e. The Morgan fingerprint density at radius 1 is 0.739 bits per heavy atom. The van der Waals surface area contributed by atoms with Gasteiger partial charge in [-0.3, -0.25) is 0 Å². The predicted molar refractivity (Wildman–Crippen MR) is 104 cm³/mol. The molecule has 0 fully saturated rings. The van der Waals surface area contributed by atoms with Gasteiger partial charge in [0.2, 0.25) is 0 Å². The lowest BCUT2D eigenvalue weighted by molar-refractivity contribution is 0.813. The van der Waals surface area contributed by atoms with Gasteiger partial charge in [0.1, 0.15) is 0 Å². The number of anilines is 1. The van der Waals surface area contributed by atoms with Crippen LogP contribution in [0.15, 0.2) is 42.5 Å². The van der Waals surface area contributed by atoms with Crippen molar-refractivity contribution in [3.05, 3.63) is 59.2 Å². The number of rotatable bonds is 6. The van der Waals surface area contributed by atoms with Crippen molar-refractivity contribution in [2.75, 3.05) is 5.23 Å². The van der Waals surface area contributed by atoms with E-state index in [-0.39, 0.29) is 0 Å². The van der Waals surface area contributed by atoms with Gasteiger partial charge in [0, 0.05) is 5.69 Å². The van der Waals surface area contributed by atoms with E-state index in [0.717, 1.165) is 5.69 Å². The molecule has 0 bridgehead atoms. The van der Waals surface area contributed by atoms with Crippen molar-refractivity contribution in [3.63, 3.8) is 0 Å². The summed E-state index contributed by atoms with van der Waals surface area (Å²) in [4.78, 5) is 0. The fourth-order valence-electron chi connectivity index (χ4n) is 2.87. The standard InChI is InChI=1S/C21H29BN/c1-14(2)17-12-19(15(3)4)21(20(13-17)16(5)6)22-23-18-10-8-7-9-11-18/h7-16,23H,1-6H3. The smallest absolute Gasteiger partial charge is 0.283 e. The molecule has 0 unspecified atom stereocenters. The first-order chi connectivity index (χ1) is 10.9. The highest BCUT2D eigenvalue weighted by molar-refractivity contribution is 6.58. The second-order valence-electron chi connectivity index (χ2n) is 7.23. The van der Waals surface area contributed by atoms with Gasteiger partial charge in [0.15, 0.2) is 0 Å². The van der Waals surface area contributed by atoms with E-state index in [1.165, 1.54) is 22.2 Å². The van der Waals surface area contributed by atoms with Gasteiger partial charge >= 0.3 is 0 Å². The van der Waals surface area contributed by atoms with Gasteiger partial charge in [0.05, 0.1) is 0 Å². The lowest BCUT2D eigenvalue weighted by Crippen LogP contribution is -2.31. The van der Waals surface area contributed by atoms with Crippen LogP contribution >= 0.6 is 0 Å². The number of nitrogens with one attached hydrogen (secondary N) is 1. The van der Waals surface area contributed by atoms with Gasteiger partial charge in [-0.25, -0.2) is 0 Å². The van der Waals surface area contributed by atoms with Crippen LogP contribution in [0, 0.1) is 0 Å². The fraction of sp³-hybridized carbons (Fsp3) is 0.429. The number of hydrogen-bond acceptors (Lipinski definition) is 1. The minimum absolute atomic E-state index is 0.509. The molecule has 1 nitrogen and oxygen atoms in total. The third-order valence-electron chi connectivity index (χ3n) is 4.33. The van der Waals surface area contributed by atoms with E-state index >= 15 is 0 Å². The zero-order valence-electron chi connectivity index (χ0n) is 15.4. The van der Waals surface area contributed by atoms with E-state index in [1.807, 2.05) is 6.07 Å². The Bertz CT molecular complexity index is 601. The summed E-state index contributed by atoms with van der Waals surface area (Å²) < 4.78 is 0. The summed E-state index contributed by atoms with van der Waals surface area (Å²) in [6, 6.07) is 15.1. The van der Waals surface area contributed by atoms with Crippen molar-refractivity contribution >= 4 is 18.6 Å². The molecule has 0 aliphatic heterocycles. The Morgan fingerprint density at radius 3 is 1.70 bits per heavy atom. The predicted octanol–water partition coefficient (Wildman–Crippen LogP) is 5.41. The normalized spacial score (nSPS) is 11.3. The summed E-state index contributed by atoms with van der Waals surface area (Å²) in [5.41, 5.74) is 6.79. The molecule has 23 heavy (non-hydrogen) atoms. The molecule has 1 N–H and O–H groups in total. The molecule has 0 amide bonds. The molecule has 2 aromatic carbocycles. The number of para-hydroxylation sites is 1. The summed E-state index contributed by atoms with van der Waals surface area (Å²) in [6.07, 6.45) is 0. The van der Waals surface area contributed by atoms with Gasteiger partial charge < -0.3 is 5.23 Å². The Balaban J connectivity index is 2.42. The molecule has 0 spiro atoms. The first kappa shape index (κ1) is 17.7. The number of hydrogen-bond donors (Lipinski definition) is 1. The second-order valence-corrected chi connectivity index (χ2v) is 7.23. The van der Waals surface area contributed by atoms with Gasteiger partial charge in [0.25, 0.3) is 7.41 Å². The van der Waals surface area contributed by atoms with Crippen LogP contribution in [0.4, 0.5) is 5.69 Å². The first-order valence-corrected chi connectivity index (χ1v) is 8.72. The van der Waals surface area contributed by atoms with Crippen molar-refractivity contribution in [1.29, 1.82) is 0 Å². The van der Waals surface area contributed by atoms with Crippen LogP contribution in [0.1, 0.15) is 76.0 Å². The van der Waals surface area contributed by atoms with E-state index in [0.29, 0.717) is 17.8 Å². The molecule has 2 rings (SSSR count). The highest BCUT2D eigenvalue weighted by Gasteiger charge is 2.17. The molecular weight excluding hydrogens is 277 g/mol. The van der Waals surface area contributed by atoms with Crippen molar-refractivity contribution in [1.82, 2.24) is 0 Å². The van der Waals surface area contributed by atoms with Gasteiger partial charge in [-0.05, 0) is 46.6 Å². The molecule has 2 heteroatoms. The molecule has 2 aromatic rings. The van der Waals surface area contributed by atoms with Crippen LogP contribution < -0.4 is 10.7 Å².